The maximum absolute atomic E-state index is 4.33. The second-order valence-corrected chi connectivity index (χ2v) is 6.21. The van der Waals surface area contributed by atoms with Gasteiger partial charge in [0.25, 0.3) is 0 Å². The van der Waals surface area contributed by atoms with Gasteiger partial charge in [0.2, 0.25) is 0 Å². The fourth-order valence-electron chi connectivity index (χ4n) is 2.45. The Labute approximate surface area is 108 Å². The smallest absolute Gasteiger partial charge is 0.0897 e. The van der Waals surface area contributed by atoms with Gasteiger partial charge in [-0.3, -0.25) is 4.90 Å². The average molecular weight is 253 g/mol. The lowest BCUT2D eigenvalue weighted by molar-refractivity contribution is 0.211. The first-order valence-corrected chi connectivity index (χ1v) is 7.44. The van der Waals surface area contributed by atoms with Crippen LogP contribution in [0.3, 0.4) is 0 Å². The Kier molecular flexibility index (Phi) is 4.95. The van der Waals surface area contributed by atoms with E-state index in [9.17, 15) is 0 Å². The van der Waals surface area contributed by atoms with Gasteiger partial charge in [-0.25, -0.2) is 4.98 Å². The molecule has 0 aliphatic carbocycles. The van der Waals surface area contributed by atoms with Crippen molar-refractivity contribution in [1.82, 2.24) is 15.2 Å². The molecule has 0 radical (unpaired) electrons. The highest BCUT2D eigenvalue weighted by Gasteiger charge is 2.16. The normalized spacial score (nSPS) is 21.0. The van der Waals surface area contributed by atoms with Gasteiger partial charge in [0.05, 0.1) is 5.01 Å². The van der Waals surface area contributed by atoms with Crippen molar-refractivity contribution in [2.24, 2.45) is 5.92 Å². The van der Waals surface area contributed by atoms with E-state index in [1.165, 1.54) is 42.4 Å². The molecule has 2 rings (SSSR count). The van der Waals surface area contributed by atoms with E-state index in [4.69, 9.17) is 0 Å². The van der Waals surface area contributed by atoms with Gasteiger partial charge in [-0.15, -0.1) is 11.3 Å². The summed E-state index contributed by atoms with van der Waals surface area (Å²) < 4.78 is 0. The van der Waals surface area contributed by atoms with Crippen LogP contribution < -0.4 is 5.32 Å². The quantitative estimate of drug-likeness (QED) is 0.872. The van der Waals surface area contributed by atoms with Crippen LogP contribution in [0.15, 0.2) is 6.20 Å². The minimum atomic E-state index is 0.831. The lowest BCUT2D eigenvalue weighted by atomic mass is 9.99. The van der Waals surface area contributed by atoms with Gasteiger partial charge in [0.1, 0.15) is 0 Å². The summed E-state index contributed by atoms with van der Waals surface area (Å²) in [4.78, 5) is 8.27. The lowest BCUT2D eigenvalue weighted by Crippen LogP contribution is -2.37. The second kappa shape index (κ2) is 6.47. The molecular formula is C13H23N3S. The van der Waals surface area contributed by atoms with Crippen LogP contribution in [0.2, 0.25) is 0 Å². The summed E-state index contributed by atoms with van der Waals surface area (Å²) in [5, 5.41) is 4.67. The molecule has 1 aromatic heterocycles. The van der Waals surface area contributed by atoms with Gasteiger partial charge in [-0.2, -0.15) is 0 Å². The molecule has 96 valence electrons. The van der Waals surface area contributed by atoms with Gasteiger partial charge >= 0.3 is 0 Å². The first-order chi connectivity index (χ1) is 8.28. The van der Waals surface area contributed by atoms with E-state index in [1.807, 2.05) is 17.5 Å². The summed E-state index contributed by atoms with van der Waals surface area (Å²) in [7, 11) is 0. The molecule has 0 aromatic carbocycles. The SMILES string of the molecule is CCN(Cc1cnc(C)s1)CC1CCCNC1. The van der Waals surface area contributed by atoms with Crippen LogP contribution in [0.5, 0.6) is 0 Å². The molecule has 17 heavy (non-hydrogen) atoms. The van der Waals surface area contributed by atoms with Crippen LogP contribution in [0.4, 0.5) is 0 Å². The summed E-state index contributed by atoms with van der Waals surface area (Å²) in [6.07, 6.45) is 4.74. The Morgan fingerprint density at radius 1 is 1.59 bits per heavy atom. The molecule has 2 heterocycles. The molecule has 0 saturated carbocycles. The Balaban J connectivity index is 1.83. The minimum Gasteiger partial charge on any atom is -0.316 e. The number of hydrogen-bond donors (Lipinski definition) is 1. The van der Waals surface area contributed by atoms with Gasteiger partial charge in [-0.1, -0.05) is 6.92 Å². The molecular weight excluding hydrogens is 230 g/mol. The van der Waals surface area contributed by atoms with Crippen molar-refractivity contribution in [1.29, 1.82) is 0 Å². The Hall–Kier alpha value is -0.450. The Bertz CT molecular complexity index is 331. The zero-order valence-electron chi connectivity index (χ0n) is 10.9. The van der Waals surface area contributed by atoms with Crippen molar-refractivity contribution in [2.75, 3.05) is 26.2 Å². The average Bonchev–Trinajstić information content (AvgIpc) is 2.75. The van der Waals surface area contributed by atoms with E-state index in [0.29, 0.717) is 0 Å². The Morgan fingerprint density at radius 3 is 3.06 bits per heavy atom. The molecule has 1 N–H and O–H groups in total. The van der Waals surface area contributed by atoms with Crippen molar-refractivity contribution in [3.05, 3.63) is 16.1 Å². The predicted molar refractivity (Wildman–Crippen MR) is 73.4 cm³/mol. The number of nitrogens with one attached hydrogen (secondary N) is 1. The van der Waals surface area contributed by atoms with Crippen LogP contribution in [-0.2, 0) is 6.54 Å². The van der Waals surface area contributed by atoms with Gasteiger partial charge < -0.3 is 5.32 Å². The number of hydrogen-bond acceptors (Lipinski definition) is 4. The summed E-state index contributed by atoms with van der Waals surface area (Å²) in [5.74, 6) is 0.831. The number of aryl methyl sites for hydroxylation is 1. The highest BCUT2D eigenvalue weighted by atomic mass is 32.1. The van der Waals surface area contributed by atoms with Crippen LogP contribution in [0.25, 0.3) is 0 Å². The molecule has 1 saturated heterocycles. The third-order valence-corrected chi connectivity index (χ3v) is 4.31. The minimum absolute atomic E-state index is 0.831. The molecule has 1 aliphatic rings. The molecule has 0 bridgehead atoms. The standard InChI is InChI=1S/C13H23N3S/c1-3-16(9-12-5-4-6-14-7-12)10-13-8-15-11(2)17-13/h8,12,14H,3-7,9-10H2,1-2H3. The number of piperidine rings is 1. The molecule has 1 fully saturated rings. The van der Waals surface area contributed by atoms with E-state index in [-0.39, 0.29) is 0 Å². The Morgan fingerprint density at radius 2 is 2.47 bits per heavy atom. The monoisotopic (exact) mass is 253 g/mol. The number of aromatic nitrogens is 1. The zero-order chi connectivity index (χ0) is 12.1. The topological polar surface area (TPSA) is 28.2 Å². The largest absolute Gasteiger partial charge is 0.316 e. The summed E-state index contributed by atoms with van der Waals surface area (Å²) >= 11 is 1.83. The molecule has 1 aromatic rings. The molecule has 4 heteroatoms. The van der Waals surface area contributed by atoms with Gasteiger partial charge in [-0.05, 0) is 45.3 Å². The zero-order valence-corrected chi connectivity index (χ0v) is 11.7. The molecule has 3 nitrogen and oxygen atoms in total. The summed E-state index contributed by atoms with van der Waals surface area (Å²) in [6, 6.07) is 0. The van der Waals surface area contributed by atoms with E-state index in [2.05, 4.69) is 29.0 Å². The van der Waals surface area contributed by atoms with E-state index in [1.54, 1.807) is 0 Å². The first kappa shape index (κ1) is 13.0. The highest BCUT2D eigenvalue weighted by Crippen LogP contribution is 2.17. The van der Waals surface area contributed by atoms with Crippen molar-refractivity contribution < 1.29 is 0 Å². The molecule has 0 amide bonds. The van der Waals surface area contributed by atoms with Crippen LogP contribution >= 0.6 is 11.3 Å². The third-order valence-electron chi connectivity index (χ3n) is 3.41. The summed E-state index contributed by atoms with van der Waals surface area (Å²) in [6.45, 7) is 10.2. The molecule has 1 unspecified atom stereocenters. The van der Waals surface area contributed by atoms with Crippen molar-refractivity contribution in [2.45, 2.75) is 33.2 Å². The number of rotatable bonds is 5. The van der Waals surface area contributed by atoms with Crippen molar-refractivity contribution in [3.8, 4) is 0 Å². The number of thiazole rings is 1. The molecule has 1 atom stereocenters. The third kappa shape index (κ3) is 4.05. The van der Waals surface area contributed by atoms with Crippen LogP contribution in [0, 0.1) is 12.8 Å². The van der Waals surface area contributed by atoms with E-state index in [0.717, 1.165) is 19.0 Å². The number of nitrogens with zero attached hydrogens (tertiary/aromatic N) is 2. The van der Waals surface area contributed by atoms with E-state index >= 15 is 0 Å². The lowest BCUT2D eigenvalue weighted by Gasteiger charge is -2.29. The van der Waals surface area contributed by atoms with Crippen molar-refractivity contribution in [3.63, 3.8) is 0 Å². The predicted octanol–water partition coefficient (Wildman–Crippen LogP) is 2.27. The van der Waals surface area contributed by atoms with Crippen LogP contribution in [-0.4, -0.2) is 36.1 Å². The van der Waals surface area contributed by atoms with Gasteiger partial charge in [0, 0.05) is 24.2 Å². The second-order valence-electron chi connectivity index (χ2n) is 4.89. The molecule has 0 spiro atoms. The van der Waals surface area contributed by atoms with Crippen molar-refractivity contribution >= 4 is 11.3 Å². The first-order valence-electron chi connectivity index (χ1n) is 6.62. The maximum Gasteiger partial charge on any atom is 0.0897 e. The molecule has 1 aliphatic heterocycles. The maximum atomic E-state index is 4.33. The van der Waals surface area contributed by atoms with Crippen LogP contribution in [0.1, 0.15) is 29.7 Å². The van der Waals surface area contributed by atoms with E-state index < -0.39 is 0 Å². The van der Waals surface area contributed by atoms with Gasteiger partial charge in [0.15, 0.2) is 0 Å². The fourth-order valence-corrected chi connectivity index (χ4v) is 3.29. The highest BCUT2D eigenvalue weighted by molar-refractivity contribution is 7.11. The summed E-state index contributed by atoms with van der Waals surface area (Å²) in [5.41, 5.74) is 0. The fraction of sp³-hybridized carbons (Fsp3) is 0.769.